The van der Waals surface area contributed by atoms with E-state index in [1.807, 2.05) is 6.07 Å². The number of morpholine rings is 1. The zero-order valence-electron chi connectivity index (χ0n) is 13.2. The SMILES string of the molecule is COc1ccc(CCCN2CCOCC2)c(OC)c1OC. The van der Waals surface area contributed by atoms with E-state index in [4.69, 9.17) is 18.9 Å². The number of hydrogen-bond acceptors (Lipinski definition) is 5. The lowest BCUT2D eigenvalue weighted by atomic mass is 10.1. The Bertz CT molecular complexity index is 444. The van der Waals surface area contributed by atoms with E-state index in [0.717, 1.165) is 57.0 Å². The van der Waals surface area contributed by atoms with Crippen molar-refractivity contribution in [3.63, 3.8) is 0 Å². The monoisotopic (exact) mass is 295 g/mol. The fraction of sp³-hybridized carbons (Fsp3) is 0.625. The van der Waals surface area contributed by atoms with Crippen LogP contribution in [0.15, 0.2) is 12.1 Å². The zero-order chi connectivity index (χ0) is 15.1. The minimum atomic E-state index is 0.670. The number of benzene rings is 1. The molecule has 0 unspecified atom stereocenters. The van der Waals surface area contributed by atoms with Gasteiger partial charge in [0.05, 0.1) is 34.5 Å². The summed E-state index contributed by atoms with van der Waals surface area (Å²) in [5.41, 5.74) is 1.16. The third-order valence-electron chi connectivity index (χ3n) is 3.81. The van der Waals surface area contributed by atoms with Crippen LogP contribution in [0.5, 0.6) is 17.2 Å². The van der Waals surface area contributed by atoms with Crippen LogP contribution in [0.3, 0.4) is 0 Å². The molecule has 2 rings (SSSR count). The second kappa shape index (κ2) is 8.10. The second-order valence-corrected chi connectivity index (χ2v) is 5.05. The van der Waals surface area contributed by atoms with Crippen molar-refractivity contribution < 1.29 is 18.9 Å². The van der Waals surface area contributed by atoms with Crippen LogP contribution in [-0.2, 0) is 11.2 Å². The van der Waals surface area contributed by atoms with Gasteiger partial charge in [-0.3, -0.25) is 4.90 Å². The Hall–Kier alpha value is -1.46. The normalized spacial score (nSPS) is 15.8. The Balaban J connectivity index is 1.98. The van der Waals surface area contributed by atoms with Gasteiger partial charge in [0.15, 0.2) is 11.5 Å². The molecule has 5 nitrogen and oxygen atoms in total. The van der Waals surface area contributed by atoms with Crippen LogP contribution in [0.25, 0.3) is 0 Å². The van der Waals surface area contributed by atoms with Gasteiger partial charge in [-0.1, -0.05) is 6.07 Å². The molecule has 1 fully saturated rings. The molecule has 0 amide bonds. The third kappa shape index (κ3) is 4.02. The summed E-state index contributed by atoms with van der Waals surface area (Å²) < 4.78 is 21.6. The minimum Gasteiger partial charge on any atom is -0.493 e. The van der Waals surface area contributed by atoms with E-state index in [0.29, 0.717) is 11.5 Å². The number of methoxy groups -OCH3 is 3. The van der Waals surface area contributed by atoms with Crippen LogP contribution in [0, 0.1) is 0 Å². The first-order valence-electron chi connectivity index (χ1n) is 7.38. The molecule has 21 heavy (non-hydrogen) atoms. The van der Waals surface area contributed by atoms with Gasteiger partial charge in [0.1, 0.15) is 0 Å². The third-order valence-corrected chi connectivity index (χ3v) is 3.81. The van der Waals surface area contributed by atoms with E-state index in [1.54, 1.807) is 21.3 Å². The molecular weight excluding hydrogens is 270 g/mol. The van der Waals surface area contributed by atoms with E-state index >= 15 is 0 Å². The van der Waals surface area contributed by atoms with E-state index in [9.17, 15) is 0 Å². The van der Waals surface area contributed by atoms with Gasteiger partial charge in [-0.05, 0) is 31.0 Å². The quantitative estimate of drug-likeness (QED) is 0.769. The van der Waals surface area contributed by atoms with Crippen molar-refractivity contribution in [1.82, 2.24) is 4.90 Å². The van der Waals surface area contributed by atoms with Crippen molar-refractivity contribution in [1.29, 1.82) is 0 Å². The van der Waals surface area contributed by atoms with Crippen LogP contribution in [0.1, 0.15) is 12.0 Å². The lowest BCUT2D eigenvalue weighted by Gasteiger charge is -2.26. The van der Waals surface area contributed by atoms with E-state index in [1.165, 1.54) is 0 Å². The molecule has 1 aromatic carbocycles. The van der Waals surface area contributed by atoms with Crippen molar-refractivity contribution in [2.45, 2.75) is 12.8 Å². The van der Waals surface area contributed by atoms with Crippen LogP contribution >= 0.6 is 0 Å². The molecule has 1 aliphatic rings. The van der Waals surface area contributed by atoms with Crippen LogP contribution < -0.4 is 14.2 Å². The summed E-state index contributed by atoms with van der Waals surface area (Å²) in [6, 6.07) is 3.99. The van der Waals surface area contributed by atoms with Crippen molar-refractivity contribution in [2.24, 2.45) is 0 Å². The molecule has 1 aromatic rings. The lowest BCUT2D eigenvalue weighted by molar-refractivity contribution is 0.0374. The standard InChI is InChI=1S/C16H25NO4/c1-18-14-7-6-13(15(19-2)16(14)20-3)5-4-8-17-9-11-21-12-10-17/h6-7H,4-5,8-12H2,1-3H3. The first-order chi connectivity index (χ1) is 10.3. The van der Waals surface area contributed by atoms with Crippen molar-refractivity contribution in [3.8, 4) is 17.2 Å². The largest absolute Gasteiger partial charge is 0.493 e. The highest BCUT2D eigenvalue weighted by molar-refractivity contribution is 5.55. The molecule has 0 N–H and O–H groups in total. The lowest BCUT2D eigenvalue weighted by Crippen LogP contribution is -2.36. The molecule has 0 aliphatic carbocycles. The number of nitrogens with zero attached hydrogens (tertiary/aromatic N) is 1. The average Bonchev–Trinajstić information content (AvgIpc) is 2.55. The highest BCUT2D eigenvalue weighted by Gasteiger charge is 2.16. The van der Waals surface area contributed by atoms with Gasteiger partial charge in [-0.25, -0.2) is 0 Å². The fourth-order valence-corrected chi connectivity index (χ4v) is 2.68. The first kappa shape index (κ1) is 15.9. The maximum atomic E-state index is 5.51. The summed E-state index contributed by atoms with van der Waals surface area (Å²) in [4.78, 5) is 2.44. The Labute approximate surface area is 126 Å². The fourth-order valence-electron chi connectivity index (χ4n) is 2.68. The van der Waals surface area contributed by atoms with Gasteiger partial charge in [-0.15, -0.1) is 0 Å². The summed E-state index contributed by atoms with van der Waals surface area (Å²) in [6.07, 6.45) is 2.05. The number of rotatable bonds is 7. The molecular formula is C16H25NO4. The summed E-state index contributed by atoms with van der Waals surface area (Å²) in [6.45, 7) is 4.84. The molecule has 0 bridgehead atoms. The maximum absolute atomic E-state index is 5.51. The van der Waals surface area contributed by atoms with E-state index in [-0.39, 0.29) is 0 Å². The topological polar surface area (TPSA) is 40.2 Å². The molecule has 1 saturated heterocycles. The number of ether oxygens (including phenoxy) is 4. The Morgan fingerprint density at radius 3 is 2.33 bits per heavy atom. The first-order valence-corrected chi connectivity index (χ1v) is 7.38. The molecule has 0 atom stereocenters. The van der Waals surface area contributed by atoms with Crippen molar-refractivity contribution >= 4 is 0 Å². The van der Waals surface area contributed by atoms with Gasteiger partial charge in [0.25, 0.3) is 0 Å². The van der Waals surface area contributed by atoms with Gasteiger partial charge < -0.3 is 18.9 Å². The Kier molecular flexibility index (Phi) is 6.14. The molecule has 0 radical (unpaired) electrons. The van der Waals surface area contributed by atoms with Gasteiger partial charge >= 0.3 is 0 Å². The van der Waals surface area contributed by atoms with E-state index < -0.39 is 0 Å². The summed E-state index contributed by atoms with van der Waals surface area (Å²) in [5.74, 6) is 2.15. The number of aryl methyl sites for hydroxylation is 1. The predicted octanol–water partition coefficient (Wildman–Crippen LogP) is 1.98. The highest BCUT2D eigenvalue weighted by Crippen LogP contribution is 2.40. The Morgan fingerprint density at radius 2 is 1.71 bits per heavy atom. The van der Waals surface area contributed by atoms with Crippen molar-refractivity contribution in [3.05, 3.63) is 17.7 Å². The van der Waals surface area contributed by atoms with Crippen molar-refractivity contribution in [2.75, 3.05) is 54.2 Å². The van der Waals surface area contributed by atoms with Crippen LogP contribution in [0.2, 0.25) is 0 Å². The summed E-state index contributed by atoms with van der Waals surface area (Å²) >= 11 is 0. The molecule has 1 heterocycles. The summed E-state index contributed by atoms with van der Waals surface area (Å²) in [7, 11) is 4.94. The minimum absolute atomic E-state index is 0.670. The van der Waals surface area contributed by atoms with Gasteiger partial charge in [0, 0.05) is 13.1 Å². The molecule has 1 aliphatic heterocycles. The molecule has 118 valence electrons. The van der Waals surface area contributed by atoms with Crippen LogP contribution in [-0.4, -0.2) is 59.1 Å². The predicted molar refractivity (Wildman–Crippen MR) is 81.7 cm³/mol. The number of hydrogen-bond donors (Lipinski definition) is 0. The zero-order valence-corrected chi connectivity index (χ0v) is 13.2. The Morgan fingerprint density at radius 1 is 1.00 bits per heavy atom. The highest BCUT2D eigenvalue weighted by atomic mass is 16.5. The van der Waals surface area contributed by atoms with Crippen LogP contribution in [0.4, 0.5) is 0 Å². The summed E-state index contributed by atoms with van der Waals surface area (Å²) in [5, 5.41) is 0. The maximum Gasteiger partial charge on any atom is 0.203 e. The average molecular weight is 295 g/mol. The second-order valence-electron chi connectivity index (χ2n) is 5.05. The molecule has 0 saturated carbocycles. The van der Waals surface area contributed by atoms with Gasteiger partial charge in [-0.2, -0.15) is 0 Å². The van der Waals surface area contributed by atoms with E-state index in [2.05, 4.69) is 11.0 Å². The smallest absolute Gasteiger partial charge is 0.203 e. The molecule has 0 aromatic heterocycles. The molecule has 5 heteroatoms. The van der Waals surface area contributed by atoms with Gasteiger partial charge in [0.2, 0.25) is 5.75 Å². The molecule has 0 spiro atoms.